The van der Waals surface area contributed by atoms with Crippen molar-refractivity contribution in [3.63, 3.8) is 0 Å². The molecular formula is C44H69N11O13S. The first-order chi connectivity index (χ1) is 32.6. The Kier molecular flexibility index (Phi) is 25.9. The molecule has 25 heteroatoms. The number of phenolic OH excluding ortho intramolecular Hbond substituents is 1. The molecule has 24 nitrogen and oxygen atoms in total. The number of aliphatic hydroxyl groups excluding tert-OH is 1. The van der Waals surface area contributed by atoms with Crippen molar-refractivity contribution < 1.29 is 63.0 Å². The molecule has 1 aromatic rings. The summed E-state index contributed by atoms with van der Waals surface area (Å²) < 4.78 is 0. The molecular weight excluding hydrogens is 923 g/mol. The Morgan fingerprint density at radius 3 is 2.12 bits per heavy atom. The molecule has 0 aromatic heterocycles. The number of hydrogen-bond acceptors (Lipinski definition) is 16. The van der Waals surface area contributed by atoms with Crippen molar-refractivity contribution in [3.05, 3.63) is 29.8 Å². The Hall–Kier alpha value is -6.18. The molecule has 384 valence electrons. The SMILES string of the molecule is CC[C@H](C)C1NN[C@@H](CCC(N)=O)C(=O)N[C@@H](CC(N)=O)C(=O)N[C@H](C(=O)N(CCCO)CC(=O)N[C@@H](CC(C)C)C(=O)NCC(N)=O)CSCCCC(=O)N[C@@H](Cc2ccc(O)cc2)C(=O)C1=O. The van der Waals surface area contributed by atoms with Crippen LogP contribution in [0.1, 0.15) is 84.6 Å². The number of nitrogens with two attached hydrogens (primary N) is 3. The van der Waals surface area contributed by atoms with Gasteiger partial charge in [-0.2, -0.15) is 11.8 Å². The summed E-state index contributed by atoms with van der Waals surface area (Å²) in [5, 5.41) is 32.1. The van der Waals surface area contributed by atoms with E-state index in [-0.39, 0.29) is 74.7 Å². The van der Waals surface area contributed by atoms with Crippen LogP contribution in [0.3, 0.4) is 0 Å². The number of nitrogens with zero attached hydrogens (tertiary/aromatic N) is 1. The van der Waals surface area contributed by atoms with Crippen molar-refractivity contribution in [1.82, 2.24) is 42.3 Å². The Bertz CT molecular complexity index is 1970. The number of benzene rings is 1. The van der Waals surface area contributed by atoms with E-state index in [1.54, 1.807) is 27.7 Å². The number of amides is 9. The smallest absolute Gasteiger partial charge is 0.246 e. The molecule has 15 N–H and O–H groups in total. The molecule has 1 saturated heterocycles. The summed E-state index contributed by atoms with van der Waals surface area (Å²) in [6, 6.07) is -2.66. The lowest BCUT2D eigenvalue weighted by Crippen LogP contribution is -2.62. The first kappa shape index (κ1) is 58.9. The maximum Gasteiger partial charge on any atom is 0.246 e. The second kappa shape index (κ2) is 30.3. The van der Waals surface area contributed by atoms with Crippen molar-refractivity contribution in [1.29, 1.82) is 0 Å². The van der Waals surface area contributed by atoms with Crippen LogP contribution in [0.2, 0.25) is 0 Å². The quantitative estimate of drug-likeness (QED) is 0.0530. The van der Waals surface area contributed by atoms with Crippen LogP contribution in [0.4, 0.5) is 0 Å². The van der Waals surface area contributed by atoms with Gasteiger partial charge >= 0.3 is 0 Å². The molecule has 1 heterocycles. The van der Waals surface area contributed by atoms with Crippen LogP contribution < -0.4 is 54.6 Å². The highest BCUT2D eigenvalue weighted by Gasteiger charge is 2.37. The summed E-state index contributed by atoms with van der Waals surface area (Å²) in [6.45, 7) is 5.20. The lowest BCUT2D eigenvalue weighted by Gasteiger charge is -2.30. The monoisotopic (exact) mass is 991 g/mol. The minimum Gasteiger partial charge on any atom is -0.508 e. The van der Waals surface area contributed by atoms with Gasteiger partial charge in [-0.1, -0.05) is 46.2 Å². The lowest BCUT2D eigenvalue weighted by molar-refractivity contribution is -0.141. The number of rotatable bonds is 21. The molecule has 2 rings (SSSR count). The van der Waals surface area contributed by atoms with Gasteiger partial charge in [0.25, 0.3) is 0 Å². The van der Waals surface area contributed by atoms with Gasteiger partial charge in [-0.05, 0) is 61.0 Å². The van der Waals surface area contributed by atoms with Gasteiger partial charge in [-0.15, -0.1) is 0 Å². The van der Waals surface area contributed by atoms with E-state index in [9.17, 15) is 63.0 Å². The third-order valence-electron chi connectivity index (χ3n) is 10.8. The van der Waals surface area contributed by atoms with Gasteiger partial charge in [0, 0.05) is 38.2 Å². The number of nitrogens with one attached hydrogen (secondary N) is 7. The van der Waals surface area contributed by atoms with Gasteiger partial charge < -0.3 is 58.9 Å². The number of aromatic hydroxyl groups is 1. The van der Waals surface area contributed by atoms with Gasteiger partial charge in [-0.25, -0.2) is 10.9 Å². The molecule has 1 aliphatic heterocycles. The van der Waals surface area contributed by atoms with E-state index in [1.165, 1.54) is 24.3 Å². The zero-order chi connectivity index (χ0) is 51.8. The van der Waals surface area contributed by atoms with Crippen molar-refractivity contribution in [3.8, 4) is 5.75 Å². The van der Waals surface area contributed by atoms with E-state index >= 15 is 0 Å². The largest absolute Gasteiger partial charge is 0.508 e. The molecule has 1 aliphatic rings. The van der Waals surface area contributed by atoms with Crippen LogP contribution in [0.15, 0.2) is 24.3 Å². The van der Waals surface area contributed by atoms with E-state index < -0.39 is 133 Å². The second-order valence-electron chi connectivity index (χ2n) is 17.2. The molecule has 9 amide bonds. The van der Waals surface area contributed by atoms with E-state index in [0.29, 0.717) is 12.0 Å². The molecule has 0 aliphatic carbocycles. The van der Waals surface area contributed by atoms with Gasteiger partial charge in [-0.3, -0.25) is 52.7 Å². The van der Waals surface area contributed by atoms with Crippen LogP contribution >= 0.6 is 11.8 Å². The summed E-state index contributed by atoms with van der Waals surface area (Å²) in [5.74, 6) is -10.4. The number of ketones is 2. The molecule has 1 fully saturated rings. The second-order valence-corrected chi connectivity index (χ2v) is 18.3. The maximum atomic E-state index is 14.4. The average Bonchev–Trinajstić information content (AvgIpc) is 3.28. The lowest BCUT2D eigenvalue weighted by atomic mass is 9.90. The van der Waals surface area contributed by atoms with Gasteiger partial charge in [0.2, 0.25) is 64.7 Å². The third-order valence-corrected chi connectivity index (χ3v) is 12.0. The van der Waals surface area contributed by atoms with Gasteiger partial charge in [0.05, 0.1) is 31.6 Å². The number of carbonyl (C=O) groups is 11. The molecule has 0 radical (unpaired) electrons. The standard InChI is InChI=1S/C44H69N11O13S/c1-5-25(4)38-40(64)39(63)29(19-26-9-11-27(57)12-10-26)49-36(61)8-6-17-69-23-32(52-43(67)31(20-34(46)59)51-42(66)28(53-54-38)13-14-33(45)58)44(68)55(15-7-16-56)22-37(62)50-30(18-24(2)3)41(65)48-21-35(47)60/h9-12,24-25,28-32,38,53-54,56-57H,5-8,13-23H2,1-4H3,(H2,45,58)(H2,46,59)(H2,47,60)(H,48,65)(H,49,61)(H,50,62)(H,51,66)(H,52,67)/t25-,28-,29-,30-,31-,32-,38?/m0/s1. The first-order valence-corrected chi connectivity index (χ1v) is 23.9. The average molecular weight is 992 g/mol. The minimum atomic E-state index is -1.73. The van der Waals surface area contributed by atoms with Crippen LogP contribution in [-0.2, 0) is 59.2 Å². The van der Waals surface area contributed by atoms with E-state index in [0.717, 1.165) is 16.7 Å². The number of hydrogen-bond donors (Lipinski definition) is 12. The Balaban J connectivity index is 2.62. The van der Waals surface area contributed by atoms with E-state index in [1.807, 2.05) is 0 Å². The molecule has 7 atom stereocenters. The van der Waals surface area contributed by atoms with Crippen LogP contribution in [0, 0.1) is 11.8 Å². The fraction of sp³-hybridized carbons (Fsp3) is 0.614. The molecule has 0 spiro atoms. The highest BCUT2D eigenvalue weighted by Crippen LogP contribution is 2.17. The van der Waals surface area contributed by atoms with Crippen molar-refractivity contribution in [2.45, 2.75) is 122 Å². The molecule has 69 heavy (non-hydrogen) atoms. The zero-order valence-electron chi connectivity index (χ0n) is 39.5. The predicted molar refractivity (Wildman–Crippen MR) is 252 cm³/mol. The molecule has 1 unspecified atom stereocenters. The first-order valence-electron chi connectivity index (χ1n) is 22.7. The number of thioether (sulfide) groups is 1. The maximum absolute atomic E-state index is 14.4. The summed E-state index contributed by atoms with van der Waals surface area (Å²) in [5.41, 5.74) is 22.0. The van der Waals surface area contributed by atoms with Crippen molar-refractivity contribution in [2.75, 3.05) is 37.7 Å². The Morgan fingerprint density at radius 2 is 1.52 bits per heavy atom. The Labute approximate surface area is 404 Å². The van der Waals surface area contributed by atoms with Crippen molar-refractivity contribution >= 4 is 76.5 Å². The number of Topliss-reactive ketones (excluding diaryl/α,β-unsaturated/α-hetero) is 2. The van der Waals surface area contributed by atoms with Crippen LogP contribution in [0.25, 0.3) is 0 Å². The highest BCUT2D eigenvalue weighted by atomic mass is 32.2. The fourth-order valence-electron chi connectivity index (χ4n) is 6.94. The predicted octanol–water partition coefficient (Wildman–Crippen LogP) is -3.58. The van der Waals surface area contributed by atoms with Crippen molar-refractivity contribution in [2.24, 2.45) is 29.0 Å². The molecule has 1 aromatic carbocycles. The highest BCUT2D eigenvalue weighted by molar-refractivity contribution is 7.99. The molecule has 0 saturated carbocycles. The number of primary amides is 3. The number of phenols is 1. The summed E-state index contributed by atoms with van der Waals surface area (Å²) in [7, 11) is 0. The third kappa shape index (κ3) is 21.8. The zero-order valence-corrected chi connectivity index (χ0v) is 40.3. The van der Waals surface area contributed by atoms with Crippen LogP contribution in [0.5, 0.6) is 5.75 Å². The van der Waals surface area contributed by atoms with E-state index in [4.69, 9.17) is 17.2 Å². The Morgan fingerprint density at radius 1 is 0.855 bits per heavy atom. The van der Waals surface area contributed by atoms with Gasteiger partial charge in [0.15, 0.2) is 0 Å². The number of aliphatic hydroxyl groups is 1. The van der Waals surface area contributed by atoms with Gasteiger partial charge in [0.1, 0.15) is 29.9 Å². The summed E-state index contributed by atoms with van der Waals surface area (Å²) >= 11 is 1.10. The number of hydrazine groups is 1. The number of carbonyl (C=O) groups excluding carboxylic acids is 11. The molecule has 0 bridgehead atoms. The topological polar surface area (TPSA) is 394 Å². The summed E-state index contributed by atoms with van der Waals surface area (Å²) in [4.78, 5) is 147. The summed E-state index contributed by atoms with van der Waals surface area (Å²) in [6.07, 6.45) is -1.15. The normalized spacial score (nSPS) is 21.1. The van der Waals surface area contributed by atoms with E-state index in [2.05, 4.69) is 37.4 Å². The fourth-order valence-corrected chi connectivity index (χ4v) is 7.92. The van der Waals surface area contributed by atoms with Crippen LogP contribution in [-0.4, -0.2) is 154 Å². The minimum absolute atomic E-state index is 0.0235.